The summed E-state index contributed by atoms with van der Waals surface area (Å²) in [6.45, 7) is 6.10. The number of hydrogen-bond acceptors (Lipinski definition) is 3. The molecule has 1 N–H and O–H groups in total. The summed E-state index contributed by atoms with van der Waals surface area (Å²) in [5, 5.41) is 3.94. The van der Waals surface area contributed by atoms with Gasteiger partial charge < -0.3 is 14.8 Å². The fraction of sp³-hybridized carbons (Fsp3) is 0.538. The molecule has 0 aliphatic rings. The van der Waals surface area contributed by atoms with Crippen molar-refractivity contribution in [1.29, 1.82) is 0 Å². The average molecular weight is 294 g/mol. The van der Waals surface area contributed by atoms with E-state index in [1.54, 1.807) is 14.2 Å². The molecule has 0 aliphatic carbocycles. The Bertz CT molecular complexity index is 370. The van der Waals surface area contributed by atoms with E-state index >= 15 is 0 Å². The molecule has 0 aliphatic heterocycles. The second kappa shape index (κ2) is 8.46. The van der Waals surface area contributed by atoms with Crippen molar-refractivity contribution in [3.8, 4) is 11.5 Å². The Morgan fingerprint density at radius 3 is 2.39 bits per heavy atom. The fourth-order valence-electron chi connectivity index (χ4n) is 1.58. The standard InChI is InChI=1S/C13H20ClNO2.ClH/c1-9(2)7-15-8-10-5-11(14)13(17-4)12(6-10)16-3;/h5-6,9,15H,7-8H2,1-4H3;1H. The van der Waals surface area contributed by atoms with Gasteiger partial charge in [-0.1, -0.05) is 25.4 Å². The monoisotopic (exact) mass is 293 g/mol. The Labute approximate surface area is 120 Å². The van der Waals surface area contributed by atoms with Crippen LogP contribution in [0.4, 0.5) is 0 Å². The molecule has 1 aromatic rings. The predicted octanol–water partition coefficient (Wildman–Crippen LogP) is 3.52. The SMILES string of the molecule is COc1cc(CNCC(C)C)cc(Cl)c1OC.Cl. The van der Waals surface area contributed by atoms with Crippen LogP contribution in [0.1, 0.15) is 19.4 Å². The second-order valence-electron chi connectivity index (χ2n) is 4.34. The molecular weight excluding hydrogens is 273 g/mol. The molecule has 1 aromatic carbocycles. The first-order valence-corrected chi connectivity index (χ1v) is 6.07. The predicted molar refractivity (Wildman–Crippen MR) is 78.3 cm³/mol. The molecule has 0 unspecified atom stereocenters. The molecule has 104 valence electrons. The summed E-state index contributed by atoms with van der Waals surface area (Å²) < 4.78 is 10.4. The zero-order valence-electron chi connectivity index (χ0n) is 11.2. The fourth-order valence-corrected chi connectivity index (χ4v) is 1.89. The van der Waals surface area contributed by atoms with E-state index in [2.05, 4.69) is 19.2 Å². The van der Waals surface area contributed by atoms with Crippen LogP contribution >= 0.6 is 24.0 Å². The van der Waals surface area contributed by atoms with Crippen molar-refractivity contribution in [2.75, 3.05) is 20.8 Å². The van der Waals surface area contributed by atoms with E-state index < -0.39 is 0 Å². The highest BCUT2D eigenvalue weighted by Gasteiger charge is 2.10. The number of halogens is 2. The highest BCUT2D eigenvalue weighted by molar-refractivity contribution is 6.32. The van der Waals surface area contributed by atoms with Crippen molar-refractivity contribution in [1.82, 2.24) is 5.32 Å². The molecule has 0 spiro atoms. The largest absolute Gasteiger partial charge is 0.493 e. The minimum atomic E-state index is 0. The summed E-state index contributed by atoms with van der Waals surface area (Å²) in [5.41, 5.74) is 1.09. The third kappa shape index (κ3) is 4.92. The lowest BCUT2D eigenvalue weighted by atomic mass is 10.1. The van der Waals surface area contributed by atoms with Crippen LogP contribution in [0.2, 0.25) is 5.02 Å². The molecule has 18 heavy (non-hydrogen) atoms. The van der Waals surface area contributed by atoms with Crippen molar-refractivity contribution < 1.29 is 9.47 Å². The van der Waals surface area contributed by atoms with E-state index in [-0.39, 0.29) is 12.4 Å². The van der Waals surface area contributed by atoms with Gasteiger partial charge in [-0.3, -0.25) is 0 Å². The number of benzene rings is 1. The summed E-state index contributed by atoms with van der Waals surface area (Å²) >= 11 is 6.12. The van der Waals surface area contributed by atoms with Crippen molar-refractivity contribution in [2.45, 2.75) is 20.4 Å². The van der Waals surface area contributed by atoms with Crippen LogP contribution in [0.3, 0.4) is 0 Å². The van der Waals surface area contributed by atoms with E-state index in [9.17, 15) is 0 Å². The van der Waals surface area contributed by atoms with Gasteiger partial charge in [0.1, 0.15) is 0 Å². The average Bonchev–Trinajstić information content (AvgIpc) is 2.27. The van der Waals surface area contributed by atoms with Crippen molar-refractivity contribution in [2.24, 2.45) is 5.92 Å². The molecule has 0 radical (unpaired) electrons. The third-order valence-electron chi connectivity index (χ3n) is 2.38. The number of hydrogen-bond donors (Lipinski definition) is 1. The Balaban J connectivity index is 0.00000289. The van der Waals surface area contributed by atoms with Gasteiger partial charge in [-0.25, -0.2) is 0 Å². The smallest absolute Gasteiger partial charge is 0.179 e. The van der Waals surface area contributed by atoms with Crippen molar-refractivity contribution in [3.05, 3.63) is 22.7 Å². The maximum absolute atomic E-state index is 6.12. The van der Waals surface area contributed by atoms with Gasteiger partial charge in [-0.05, 0) is 30.2 Å². The molecule has 0 fully saturated rings. The van der Waals surface area contributed by atoms with Crippen molar-refractivity contribution >= 4 is 24.0 Å². The summed E-state index contributed by atoms with van der Waals surface area (Å²) in [7, 11) is 3.19. The van der Waals surface area contributed by atoms with Crippen LogP contribution in [-0.2, 0) is 6.54 Å². The van der Waals surface area contributed by atoms with Gasteiger partial charge in [0.15, 0.2) is 11.5 Å². The van der Waals surface area contributed by atoms with Crippen LogP contribution in [0.15, 0.2) is 12.1 Å². The third-order valence-corrected chi connectivity index (χ3v) is 2.66. The summed E-state index contributed by atoms with van der Waals surface area (Å²) in [6, 6.07) is 3.84. The van der Waals surface area contributed by atoms with Gasteiger partial charge in [-0.2, -0.15) is 0 Å². The number of ether oxygens (including phenoxy) is 2. The van der Waals surface area contributed by atoms with Crippen LogP contribution in [0.5, 0.6) is 11.5 Å². The molecule has 0 saturated heterocycles. The van der Waals surface area contributed by atoms with E-state index in [1.165, 1.54) is 0 Å². The number of methoxy groups -OCH3 is 2. The van der Waals surface area contributed by atoms with Gasteiger partial charge in [0.05, 0.1) is 19.2 Å². The Hall–Kier alpha value is -0.640. The highest BCUT2D eigenvalue weighted by Crippen LogP contribution is 2.35. The van der Waals surface area contributed by atoms with Crippen LogP contribution < -0.4 is 14.8 Å². The molecule has 0 saturated carbocycles. The minimum Gasteiger partial charge on any atom is -0.493 e. The highest BCUT2D eigenvalue weighted by atomic mass is 35.5. The lowest BCUT2D eigenvalue weighted by molar-refractivity contribution is 0.354. The first-order chi connectivity index (χ1) is 8.08. The van der Waals surface area contributed by atoms with E-state index in [1.807, 2.05) is 12.1 Å². The lowest BCUT2D eigenvalue weighted by Gasteiger charge is -2.13. The number of rotatable bonds is 6. The Kier molecular flexibility index (Phi) is 8.16. The molecule has 0 bridgehead atoms. The maximum atomic E-state index is 6.12. The first kappa shape index (κ1) is 17.4. The zero-order chi connectivity index (χ0) is 12.8. The second-order valence-corrected chi connectivity index (χ2v) is 4.75. The molecular formula is C13H21Cl2NO2. The molecule has 5 heteroatoms. The Morgan fingerprint density at radius 1 is 1.22 bits per heavy atom. The zero-order valence-corrected chi connectivity index (χ0v) is 12.8. The topological polar surface area (TPSA) is 30.5 Å². The van der Waals surface area contributed by atoms with Gasteiger partial charge in [-0.15, -0.1) is 12.4 Å². The van der Waals surface area contributed by atoms with Crippen LogP contribution in [-0.4, -0.2) is 20.8 Å². The van der Waals surface area contributed by atoms with Gasteiger partial charge >= 0.3 is 0 Å². The Morgan fingerprint density at radius 2 is 1.89 bits per heavy atom. The molecule has 1 rings (SSSR count). The maximum Gasteiger partial charge on any atom is 0.179 e. The molecule has 0 heterocycles. The normalized spacial score (nSPS) is 10.1. The van der Waals surface area contributed by atoms with Gasteiger partial charge in [0, 0.05) is 6.54 Å². The van der Waals surface area contributed by atoms with E-state index in [0.29, 0.717) is 22.4 Å². The molecule has 0 amide bonds. The summed E-state index contributed by atoms with van der Waals surface area (Å²) in [5.74, 6) is 1.88. The van der Waals surface area contributed by atoms with E-state index in [4.69, 9.17) is 21.1 Å². The molecule has 3 nitrogen and oxygen atoms in total. The molecule has 0 aromatic heterocycles. The summed E-state index contributed by atoms with van der Waals surface area (Å²) in [4.78, 5) is 0. The van der Waals surface area contributed by atoms with Crippen LogP contribution in [0, 0.1) is 5.92 Å². The van der Waals surface area contributed by atoms with Gasteiger partial charge in [0.25, 0.3) is 0 Å². The minimum absolute atomic E-state index is 0. The lowest BCUT2D eigenvalue weighted by Crippen LogP contribution is -2.19. The molecule has 0 atom stereocenters. The van der Waals surface area contributed by atoms with Gasteiger partial charge in [0.2, 0.25) is 0 Å². The van der Waals surface area contributed by atoms with E-state index in [0.717, 1.165) is 18.7 Å². The van der Waals surface area contributed by atoms with Crippen molar-refractivity contribution in [3.63, 3.8) is 0 Å². The summed E-state index contributed by atoms with van der Waals surface area (Å²) in [6.07, 6.45) is 0. The van der Waals surface area contributed by atoms with Crippen LogP contribution in [0.25, 0.3) is 0 Å². The first-order valence-electron chi connectivity index (χ1n) is 5.69. The quantitative estimate of drug-likeness (QED) is 0.870. The number of nitrogens with one attached hydrogen (secondary N) is 1.